The molecule has 9 heteroatoms. The van der Waals surface area contributed by atoms with Crippen LogP contribution in [0.4, 0.5) is 11.6 Å². The quantitative estimate of drug-likeness (QED) is 0.681. The van der Waals surface area contributed by atoms with Crippen molar-refractivity contribution in [3.63, 3.8) is 0 Å². The summed E-state index contributed by atoms with van der Waals surface area (Å²) in [7, 11) is 0. The molecule has 2 aromatic heterocycles. The van der Waals surface area contributed by atoms with Gasteiger partial charge in [0, 0.05) is 38.4 Å². The molecule has 0 aliphatic carbocycles. The van der Waals surface area contributed by atoms with Crippen molar-refractivity contribution in [2.45, 2.75) is 6.10 Å². The lowest BCUT2D eigenvalue weighted by Crippen LogP contribution is -2.37. The molecule has 2 aromatic rings. The summed E-state index contributed by atoms with van der Waals surface area (Å²) < 4.78 is 0. The average Bonchev–Trinajstić information content (AvgIpc) is 2.97. The van der Waals surface area contributed by atoms with Gasteiger partial charge in [0.2, 0.25) is 0 Å². The number of rotatable bonds is 2. The first-order chi connectivity index (χ1) is 11.6. The summed E-state index contributed by atoms with van der Waals surface area (Å²) >= 11 is 0. The molecule has 0 bridgehead atoms. The Kier molecular flexibility index (Phi) is 4.31. The molecular weight excluding hydrogens is 310 g/mol. The van der Waals surface area contributed by atoms with E-state index >= 15 is 0 Å². The standard InChI is InChI=1S/C15H17N7O2/c16-5-10-3-12(18-6-10)15(24)22-2-1-21(7-11(23)8-22)14-4-13(17)19-9-20-14/h3-4,6,9,11,18,23H,1-2,7-8H2,(H2,17,19,20)/t11-/m1/s1. The minimum absolute atomic E-state index is 0.205. The number of nitrogens with one attached hydrogen (secondary N) is 1. The van der Waals surface area contributed by atoms with Crippen LogP contribution in [-0.4, -0.2) is 63.1 Å². The summed E-state index contributed by atoms with van der Waals surface area (Å²) in [4.78, 5) is 26.8. The number of aliphatic hydroxyl groups is 1. The van der Waals surface area contributed by atoms with Crippen molar-refractivity contribution in [3.8, 4) is 6.07 Å². The lowest BCUT2D eigenvalue weighted by Gasteiger charge is -2.22. The first-order valence-electron chi connectivity index (χ1n) is 7.45. The van der Waals surface area contributed by atoms with Crippen molar-refractivity contribution < 1.29 is 9.90 Å². The Bertz CT molecular complexity index is 782. The van der Waals surface area contributed by atoms with Crippen molar-refractivity contribution >= 4 is 17.5 Å². The van der Waals surface area contributed by atoms with Crippen LogP contribution < -0.4 is 10.6 Å². The minimum Gasteiger partial charge on any atom is -0.389 e. The van der Waals surface area contributed by atoms with E-state index < -0.39 is 6.10 Å². The summed E-state index contributed by atoms with van der Waals surface area (Å²) in [5.74, 6) is 0.712. The van der Waals surface area contributed by atoms with E-state index in [0.717, 1.165) is 0 Å². The molecule has 1 amide bonds. The first kappa shape index (κ1) is 15.8. The normalized spacial score (nSPS) is 18.1. The van der Waals surface area contributed by atoms with E-state index in [1.165, 1.54) is 18.6 Å². The smallest absolute Gasteiger partial charge is 0.270 e. The number of nitrogen functional groups attached to an aromatic ring is 1. The molecule has 1 aliphatic rings. The van der Waals surface area contributed by atoms with E-state index in [1.807, 2.05) is 11.0 Å². The second kappa shape index (κ2) is 6.55. The van der Waals surface area contributed by atoms with Gasteiger partial charge in [-0.3, -0.25) is 4.79 Å². The third-order valence-corrected chi connectivity index (χ3v) is 3.83. The van der Waals surface area contributed by atoms with Gasteiger partial charge < -0.3 is 25.6 Å². The molecule has 0 aromatic carbocycles. The number of hydrogen-bond donors (Lipinski definition) is 3. The SMILES string of the molecule is N#Cc1c[nH]c(C(=O)N2CCN(c3cc(N)ncn3)C[C@@H](O)C2)c1. The topological polar surface area (TPSA) is 135 Å². The maximum atomic E-state index is 12.5. The first-order valence-corrected chi connectivity index (χ1v) is 7.45. The van der Waals surface area contributed by atoms with Crippen molar-refractivity contribution in [1.29, 1.82) is 5.26 Å². The Morgan fingerprint density at radius 3 is 2.92 bits per heavy atom. The highest BCUT2D eigenvalue weighted by molar-refractivity contribution is 5.93. The van der Waals surface area contributed by atoms with Crippen LogP contribution in [0.3, 0.4) is 0 Å². The van der Waals surface area contributed by atoms with Crippen molar-refractivity contribution in [2.24, 2.45) is 0 Å². The maximum absolute atomic E-state index is 12.5. The number of hydrogen-bond acceptors (Lipinski definition) is 7. The monoisotopic (exact) mass is 327 g/mol. The van der Waals surface area contributed by atoms with E-state index in [9.17, 15) is 9.90 Å². The predicted octanol–water partition coefficient (Wildman–Crippen LogP) is -0.418. The minimum atomic E-state index is -0.724. The van der Waals surface area contributed by atoms with E-state index in [-0.39, 0.29) is 12.5 Å². The molecule has 1 atom stereocenters. The van der Waals surface area contributed by atoms with Gasteiger partial charge in [0.15, 0.2) is 0 Å². The molecule has 0 saturated carbocycles. The van der Waals surface area contributed by atoms with Crippen LogP contribution in [-0.2, 0) is 0 Å². The van der Waals surface area contributed by atoms with Gasteiger partial charge in [-0.05, 0) is 6.07 Å². The molecule has 3 heterocycles. The van der Waals surface area contributed by atoms with Crippen LogP contribution in [0.2, 0.25) is 0 Å². The number of aliphatic hydroxyl groups excluding tert-OH is 1. The number of amides is 1. The Hall–Kier alpha value is -3.12. The highest BCUT2D eigenvalue weighted by Gasteiger charge is 2.26. The van der Waals surface area contributed by atoms with Crippen molar-refractivity contribution in [1.82, 2.24) is 19.9 Å². The second-order valence-corrected chi connectivity index (χ2v) is 5.57. The molecule has 3 rings (SSSR count). The fourth-order valence-electron chi connectivity index (χ4n) is 2.67. The molecule has 124 valence electrons. The third kappa shape index (κ3) is 3.28. The Morgan fingerprint density at radius 2 is 2.21 bits per heavy atom. The van der Waals surface area contributed by atoms with Gasteiger partial charge in [0.25, 0.3) is 5.91 Å². The summed E-state index contributed by atoms with van der Waals surface area (Å²) in [6.07, 6.45) is 2.13. The highest BCUT2D eigenvalue weighted by atomic mass is 16.3. The number of carbonyl (C=O) groups excluding carboxylic acids is 1. The molecular formula is C15H17N7O2. The number of nitrogens with two attached hydrogens (primary N) is 1. The summed E-state index contributed by atoms with van der Waals surface area (Å²) in [5, 5.41) is 19.1. The average molecular weight is 327 g/mol. The fourth-order valence-corrected chi connectivity index (χ4v) is 2.67. The van der Waals surface area contributed by atoms with Crippen LogP contribution in [0.25, 0.3) is 0 Å². The van der Waals surface area contributed by atoms with Gasteiger partial charge in [-0.1, -0.05) is 0 Å². The number of anilines is 2. The number of aromatic amines is 1. The van der Waals surface area contributed by atoms with Gasteiger partial charge in [0.1, 0.15) is 29.7 Å². The zero-order chi connectivity index (χ0) is 17.1. The number of β-amino-alcohol motifs (C(OH)–C–C–N with tert-alkyl or cyclic N) is 1. The molecule has 4 N–H and O–H groups in total. The predicted molar refractivity (Wildman–Crippen MR) is 86.1 cm³/mol. The fraction of sp³-hybridized carbons (Fsp3) is 0.333. The third-order valence-electron chi connectivity index (χ3n) is 3.83. The second-order valence-electron chi connectivity index (χ2n) is 5.57. The zero-order valence-electron chi connectivity index (χ0n) is 12.9. The molecule has 0 unspecified atom stereocenters. The Labute approximate surface area is 138 Å². The maximum Gasteiger partial charge on any atom is 0.270 e. The van der Waals surface area contributed by atoms with Crippen molar-refractivity contribution in [3.05, 3.63) is 35.9 Å². The summed E-state index contributed by atoms with van der Waals surface area (Å²) in [5.41, 5.74) is 6.40. The van der Waals surface area contributed by atoms with Gasteiger partial charge in [-0.15, -0.1) is 0 Å². The molecule has 9 nitrogen and oxygen atoms in total. The number of nitrogens with zero attached hydrogens (tertiary/aromatic N) is 5. The molecule has 1 aliphatic heterocycles. The van der Waals surface area contributed by atoms with E-state index in [1.54, 1.807) is 11.0 Å². The molecule has 0 spiro atoms. The largest absolute Gasteiger partial charge is 0.389 e. The number of nitriles is 1. The lowest BCUT2D eigenvalue weighted by atomic mass is 10.2. The van der Waals surface area contributed by atoms with Crippen LogP contribution in [0.1, 0.15) is 16.1 Å². The Morgan fingerprint density at radius 1 is 1.38 bits per heavy atom. The molecule has 1 saturated heterocycles. The number of carbonyl (C=O) groups is 1. The molecule has 0 radical (unpaired) electrons. The van der Waals surface area contributed by atoms with Gasteiger partial charge >= 0.3 is 0 Å². The molecule has 24 heavy (non-hydrogen) atoms. The van der Waals surface area contributed by atoms with Gasteiger partial charge in [-0.2, -0.15) is 5.26 Å². The van der Waals surface area contributed by atoms with Gasteiger partial charge in [0.05, 0.1) is 11.7 Å². The zero-order valence-corrected chi connectivity index (χ0v) is 12.9. The van der Waals surface area contributed by atoms with Crippen LogP contribution in [0, 0.1) is 11.3 Å². The number of aromatic nitrogens is 3. The van der Waals surface area contributed by atoms with Gasteiger partial charge in [-0.25, -0.2) is 9.97 Å². The van der Waals surface area contributed by atoms with Crippen LogP contribution >= 0.6 is 0 Å². The number of H-pyrrole nitrogens is 1. The van der Waals surface area contributed by atoms with E-state index in [4.69, 9.17) is 11.0 Å². The Balaban J connectivity index is 1.74. The van der Waals surface area contributed by atoms with Crippen LogP contribution in [0.5, 0.6) is 0 Å². The van der Waals surface area contributed by atoms with Crippen LogP contribution in [0.15, 0.2) is 24.7 Å². The lowest BCUT2D eigenvalue weighted by molar-refractivity contribution is 0.0669. The van der Waals surface area contributed by atoms with E-state index in [0.29, 0.717) is 42.5 Å². The van der Waals surface area contributed by atoms with E-state index in [2.05, 4.69) is 15.0 Å². The molecule has 1 fully saturated rings. The summed E-state index contributed by atoms with van der Waals surface area (Å²) in [6, 6.07) is 5.11. The summed E-state index contributed by atoms with van der Waals surface area (Å²) in [6.45, 7) is 1.47. The highest BCUT2D eigenvalue weighted by Crippen LogP contribution is 2.16. The van der Waals surface area contributed by atoms with Crippen molar-refractivity contribution in [2.75, 3.05) is 36.8 Å².